The number of allylic oxidation sites excluding steroid dienone is 4. The van der Waals surface area contributed by atoms with Crippen molar-refractivity contribution in [1.82, 2.24) is 0 Å². The Hall–Kier alpha value is -2.11. The lowest BCUT2D eigenvalue weighted by Gasteiger charge is -2.18. The summed E-state index contributed by atoms with van der Waals surface area (Å²) in [6.07, 6.45) is 63.2. The van der Waals surface area contributed by atoms with Crippen molar-refractivity contribution in [3.05, 3.63) is 24.3 Å². The van der Waals surface area contributed by atoms with Crippen LogP contribution in [-0.4, -0.2) is 37.2 Å². The minimum absolute atomic E-state index is 0.0714. The number of hydrogen-bond donors (Lipinski definition) is 0. The molecule has 6 nitrogen and oxygen atoms in total. The minimum atomic E-state index is -0.772. The molecular weight excluding hydrogens is 805 g/mol. The normalized spacial score (nSPS) is 12.1. The summed E-state index contributed by atoms with van der Waals surface area (Å²) in [5, 5.41) is 0. The van der Waals surface area contributed by atoms with E-state index in [1.165, 1.54) is 212 Å². The smallest absolute Gasteiger partial charge is 0.306 e. The van der Waals surface area contributed by atoms with Gasteiger partial charge in [0.05, 0.1) is 0 Å². The van der Waals surface area contributed by atoms with E-state index >= 15 is 0 Å². The van der Waals surface area contributed by atoms with E-state index in [4.69, 9.17) is 14.2 Å². The third-order valence-electron chi connectivity index (χ3n) is 12.9. The minimum Gasteiger partial charge on any atom is -0.462 e. The average Bonchev–Trinajstić information content (AvgIpc) is 3.30. The molecule has 382 valence electrons. The predicted molar refractivity (Wildman–Crippen MR) is 279 cm³/mol. The highest BCUT2D eigenvalue weighted by Gasteiger charge is 2.19. The van der Waals surface area contributed by atoms with Crippen LogP contribution in [-0.2, 0) is 28.6 Å². The summed E-state index contributed by atoms with van der Waals surface area (Å²) >= 11 is 0. The Morgan fingerprint density at radius 3 is 0.831 bits per heavy atom. The summed E-state index contributed by atoms with van der Waals surface area (Å²) in [7, 11) is 0. The Labute approximate surface area is 404 Å². The van der Waals surface area contributed by atoms with Crippen LogP contribution in [0.25, 0.3) is 0 Å². The molecule has 1 atom stereocenters. The van der Waals surface area contributed by atoms with E-state index in [1.807, 2.05) is 0 Å². The summed E-state index contributed by atoms with van der Waals surface area (Å²) in [6, 6.07) is 0. The van der Waals surface area contributed by atoms with Gasteiger partial charge < -0.3 is 14.2 Å². The molecule has 0 radical (unpaired) electrons. The molecule has 0 N–H and O–H groups in total. The first-order valence-electron chi connectivity index (χ1n) is 28.8. The second-order valence-electron chi connectivity index (χ2n) is 19.6. The SMILES string of the molecule is CCCC/C=C\CCCCCCCC(=O)OC[C@H](COC(=O)CCCCCCCCCCCCCCCCCCCCCCC)OC(=O)CCCCCCCCC/C=C\CCCCCC. The Morgan fingerprint density at radius 2 is 0.523 bits per heavy atom. The van der Waals surface area contributed by atoms with Gasteiger partial charge in [-0.15, -0.1) is 0 Å². The molecule has 0 aliphatic rings. The van der Waals surface area contributed by atoms with Gasteiger partial charge in [0, 0.05) is 19.3 Å². The van der Waals surface area contributed by atoms with Gasteiger partial charge >= 0.3 is 17.9 Å². The van der Waals surface area contributed by atoms with E-state index in [1.54, 1.807) is 0 Å². The summed E-state index contributed by atoms with van der Waals surface area (Å²) in [6.45, 7) is 6.62. The monoisotopic (exact) mass is 915 g/mol. The second-order valence-corrected chi connectivity index (χ2v) is 19.6. The second kappa shape index (κ2) is 54.5. The first-order chi connectivity index (χ1) is 32.0. The molecular formula is C59H110O6. The van der Waals surface area contributed by atoms with Crippen LogP contribution in [0.1, 0.15) is 316 Å². The van der Waals surface area contributed by atoms with Gasteiger partial charge in [0.2, 0.25) is 0 Å². The number of carbonyl (C=O) groups excluding carboxylic acids is 3. The largest absolute Gasteiger partial charge is 0.462 e. The average molecular weight is 916 g/mol. The van der Waals surface area contributed by atoms with Gasteiger partial charge in [-0.3, -0.25) is 14.4 Å². The molecule has 0 spiro atoms. The number of carbonyl (C=O) groups is 3. The maximum atomic E-state index is 12.8. The fourth-order valence-electron chi connectivity index (χ4n) is 8.54. The quantitative estimate of drug-likeness (QED) is 0.0262. The van der Waals surface area contributed by atoms with Gasteiger partial charge in [-0.05, 0) is 64.2 Å². The summed E-state index contributed by atoms with van der Waals surface area (Å²) < 4.78 is 16.8. The molecule has 0 saturated heterocycles. The molecule has 0 saturated carbocycles. The Morgan fingerprint density at radius 1 is 0.292 bits per heavy atom. The van der Waals surface area contributed by atoms with E-state index in [0.29, 0.717) is 19.3 Å². The zero-order valence-corrected chi connectivity index (χ0v) is 43.8. The van der Waals surface area contributed by atoms with Crippen molar-refractivity contribution < 1.29 is 28.6 Å². The van der Waals surface area contributed by atoms with Crippen LogP contribution in [0.3, 0.4) is 0 Å². The molecule has 0 bridgehead atoms. The van der Waals surface area contributed by atoms with Crippen LogP contribution >= 0.6 is 0 Å². The van der Waals surface area contributed by atoms with Crippen molar-refractivity contribution >= 4 is 17.9 Å². The number of esters is 3. The fraction of sp³-hybridized carbons (Fsp3) is 0.881. The first-order valence-corrected chi connectivity index (χ1v) is 28.8. The topological polar surface area (TPSA) is 78.9 Å². The molecule has 0 amide bonds. The van der Waals surface area contributed by atoms with E-state index in [2.05, 4.69) is 45.1 Å². The van der Waals surface area contributed by atoms with Gasteiger partial charge in [-0.1, -0.05) is 257 Å². The molecule has 0 aromatic rings. The van der Waals surface area contributed by atoms with Crippen molar-refractivity contribution in [2.75, 3.05) is 13.2 Å². The van der Waals surface area contributed by atoms with Crippen LogP contribution < -0.4 is 0 Å². The van der Waals surface area contributed by atoms with Crippen molar-refractivity contribution in [2.24, 2.45) is 0 Å². The highest BCUT2D eigenvalue weighted by atomic mass is 16.6. The third-order valence-corrected chi connectivity index (χ3v) is 12.9. The third kappa shape index (κ3) is 52.7. The first kappa shape index (κ1) is 62.9. The van der Waals surface area contributed by atoms with Crippen LogP contribution in [0, 0.1) is 0 Å². The van der Waals surface area contributed by atoms with Gasteiger partial charge in [0.1, 0.15) is 13.2 Å². The summed E-state index contributed by atoms with van der Waals surface area (Å²) in [5.41, 5.74) is 0. The lowest BCUT2D eigenvalue weighted by Crippen LogP contribution is -2.30. The van der Waals surface area contributed by atoms with Crippen LogP contribution in [0.5, 0.6) is 0 Å². The fourth-order valence-corrected chi connectivity index (χ4v) is 8.54. The van der Waals surface area contributed by atoms with Crippen molar-refractivity contribution in [1.29, 1.82) is 0 Å². The Kier molecular flexibility index (Phi) is 52.7. The molecule has 0 aromatic carbocycles. The summed E-state index contributed by atoms with van der Waals surface area (Å²) in [4.78, 5) is 38.1. The lowest BCUT2D eigenvalue weighted by atomic mass is 10.0. The molecule has 65 heavy (non-hydrogen) atoms. The molecule has 0 unspecified atom stereocenters. The molecule has 0 fully saturated rings. The number of hydrogen-bond acceptors (Lipinski definition) is 6. The number of ether oxygens (including phenoxy) is 3. The standard InChI is InChI=1S/C59H110O6/c1-4-7-10-13-16-19-22-24-26-27-28-29-30-31-33-34-37-40-43-46-49-52-58(61)64-55-56(54-63-57(60)51-48-45-42-39-36-21-18-15-12-9-6-3)65-59(62)53-50-47-44-41-38-35-32-25-23-20-17-14-11-8-5-2/h15,18,20,23,56H,4-14,16-17,19,21-22,24-55H2,1-3H3/b18-15-,23-20-/t56-/m1/s1. The van der Waals surface area contributed by atoms with Gasteiger partial charge in [0.15, 0.2) is 6.10 Å². The molecule has 0 aliphatic carbocycles. The van der Waals surface area contributed by atoms with Crippen molar-refractivity contribution in [3.8, 4) is 0 Å². The zero-order valence-electron chi connectivity index (χ0n) is 43.8. The van der Waals surface area contributed by atoms with Gasteiger partial charge in [0.25, 0.3) is 0 Å². The van der Waals surface area contributed by atoms with E-state index in [-0.39, 0.29) is 31.1 Å². The van der Waals surface area contributed by atoms with Gasteiger partial charge in [-0.25, -0.2) is 0 Å². The van der Waals surface area contributed by atoms with E-state index < -0.39 is 6.10 Å². The van der Waals surface area contributed by atoms with Crippen LogP contribution in [0.2, 0.25) is 0 Å². The molecule has 6 heteroatoms. The molecule has 0 heterocycles. The predicted octanol–water partition coefficient (Wildman–Crippen LogP) is 19.1. The van der Waals surface area contributed by atoms with Crippen LogP contribution in [0.15, 0.2) is 24.3 Å². The Balaban J connectivity index is 4.25. The molecule has 0 aromatic heterocycles. The lowest BCUT2D eigenvalue weighted by molar-refractivity contribution is -0.167. The summed E-state index contributed by atoms with van der Waals surface area (Å²) in [5.74, 6) is -0.868. The van der Waals surface area contributed by atoms with Crippen molar-refractivity contribution in [3.63, 3.8) is 0 Å². The zero-order chi connectivity index (χ0) is 47.2. The number of rotatable bonds is 53. The van der Waals surface area contributed by atoms with Gasteiger partial charge in [-0.2, -0.15) is 0 Å². The van der Waals surface area contributed by atoms with Crippen LogP contribution in [0.4, 0.5) is 0 Å². The number of unbranched alkanes of at least 4 members (excludes halogenated alkanes) is 38. The molecule has 0 rings (SSSR count). The Bertz CT molecular complexity index is 1050. The van der Waals surface area contributed by atoms with E-state index in [0.717, 1.165) is 64.2 Å². The highest BCUT2D eigenvalue weighted by Crippen LogP contribution is 2.17. The van der Waals surface area contributed by atoms with E-state index in [9.17, 15) is 14.4 Å². The highest BCUT2D eigenvalue weighted by molar-refractivity contribution is 5.71. The maximum absolute atomic E-state index is 12.8. The maximum Gasteiger partial charge on any atom is 0.306 e. The molecule has 0 aliphatic heterocycles. The van der Waals surface area contributed by atoms with Crippen molar-refractivity contribution in [2.45, 2.75) is 322 Å².